The molecule has 118 valence electrons. The second kappa shape index (κ2) is 6.17. The van der Waals surface area contributed by atoms with E-state index in [0.717, 1.165) is 30.8 Å². The zero-order valence-corrected chi connectivity index (χ0v) is 13.2. The molecule has 23 heavy (non-hydrogen) atoms. The molecule has 0 amide bonds. The first-order valence-corrected chi connectivity index (χ1v) is 7.71. The Morgan fingerprint density at radius 1 is 1.30 bits per heavy atom. The Morgan fingerprint density at radius 3 is 2.61 bits per heavy atom. The minimum atomic E-state index is 0.108. The Bertz CT molecular complexity index is 730. The number of anilines is 2. The number of nitrogen functional groups attached to an aromatic ring is 1. The topological polar surface area (TPSA) is 84.0 Å². The summed E-state index contributed by atoms with van der Waals surface area (Å²) in [5.41, 5.74) is 8.35. The number of hydrogen-bond donors (Lipinski definition) is 2. The van der Waals surface area contributed by atoms with Crippen LogP contribution >= 0.6 is 0 Å². The van der Waals surface area contributed by atoms with E-state index in [2.05, 4.69) is 28.5 Å². The van der Waals surface area contributed by atoms with Crippen LogP contribution in [0.3, 0.4) is 0 Å². The van der Waals surface area contributed by atoms with Crippen molar-refractivity contribution in [1.29, 1.82) is 5.26 Å². The van der Waals surface area contributed by atoms with E-state index in [9.17, 15) is 5.26 Å². The van der Waals surface area contributed by atoms with Crippen LogP contribution < -0.4 is 15.8 Å². The summed E-state index contributed by atoms with van der Waals surface area (Å²) in [5.74, 6) is 1.13. The largest absolute Gasteiger partial charge is 0.497 e. The number of nitrogens with one attached hydrogen (secondary N) is 1. The molecule has 0 spiro atoms. The third-order valence-electron chi connectivity index (χ3n) is 4.72. The van der Waals surface area contributed by atoms with E-state index < -0.39 is 0 Å². The number of nitrogens with zero attached hydrogens (tertiary/aromatic N) is 2. The third kappa shape index (κ3) is 2.80. The first kappa shape index (κ1) is 15.2. The van der Waals surface area contributed by atoms with Crippen molar-refractivity contribution in [3.63, 3.8) is 0 Å². The first-order chi connectivity index (χ1) is 11.2. The van der Waals surface area contributed by atoms with Crippen molar-refractivity contribution in [2.45, 2.75) is 24.7 Å². The van der Waals surface area contributed by atoms with Gasteiger partial charge in [0.1, 0.15) is 23.2 Å². The van der Waals surface area contributed by atoms with Crippen molar-refractivity contribution < 1.29 is 4.74 Å². The lowest BCUT2D eigenvalue weighted by Gasteiger charge is -2.43. The zero-order chi connectivity index (χ0) is 16.3. The fourth-order valence-corrected chi connectivity index (χ4v) is 3.12. The molecule has 0 radical (unpaired) electrons. The molecule has 1 saturated carbocycles. The summed E-state index contributed by atoms with van der Waals surface area (Å²) < 4.78 is 5.23. The van der Waals surface area contributed by atoms with E-state index >= 15 is 0 Å². The molecule has 5 nitrogen and oxygen atoms in total. The van der Waals surface area contributed by atoms with E-state index in [1.807, 2.05) is 12.1 Å². The highest BCUT2D eigenvalue weighted by atomic mass is 16.5. The highest BCUT2D eigenvalue weighted by Crippen LogP contribution is 2.44. The van der Waals surface area contributed by atoms with Gasteiger partial charge >= 0.3 is 0 Å². The van der Waals surface area contributed by atoms with Crippen molar-refractivity contribution in [3.05, 3.63) is 47.7 Å². The molecule has 3 N–H and O–H groups in total. The van der Waals surface area contributed by atoms with Crippen molar-refractivity contribution in [2.24, 2.45) is 0 Å². The van der Waals surface area contributed by atoms with E-state index in [1.54, 1.807) is 19.4 Å². The number of hydrogen-bond acceptors (Lipinski definition) is 5. The molecule has 2 aromatic rings. The number of ether oxygens (including phenoxy) is 1. The zero-order valence-electron chi connectivity index (χ0n) is 13.2. The molecule has 1 heterocycles. The second-order valence-corrected chi connectivity index (χ2v) is 5.95. The Labute approximate surface area is 136 Å². The molecule has 1 aromatic heterocycles. The van der Waals surface area contributed by atoms with Crippen LogP contribution in [0.4, 0.5) is 11.5 Å². The van der Waals surface area contributed by atoms with Gasteiger partial charge in [0, 0.05) is 18.2 Å². The van der Waals surface area contributed by atoms with Gasteiger partial charge in [0.15, 0.2) is 0 Å². The normalized spacial score (nSPS) is 15.3. The van der Waals surface area contributed by atoms with Gasteiger partial charge in [-0.05, 0) is 36.6 Å². The highest BCUT2D eigenvalue weighted by molar-refractivity contribution is 5.66. The molecule has 0 bridgehead atoms. The number of methoxy groups -OCH3 is 1. The summed E-state index contributed by atoms with van der Waals surface area (Å²) >= 11 is 0. The molecular weight excluding hydrogens is 288 g/mol. The molecule has 0 aliphatic heterocycles. The summed E-state index contributed by atoms with van der Waals surface area (Å²) in [6.07, 6.45) is 5.11. The van der Waals surface area contributed by atoms with Gasteiger partial charge in [-0.2, -0.15) is 5.26 Å². The van der Waals surface area contributed by atoms with Gasteiger partial charge in [-0.25, -0.2) is 4.98 Å². The maximum atomic E-state index is 9.25. The van der Waals surface area contributed by atoms with E-state index in [0.29, 0.717) is 5.56 Å². The van der Waals surface area contributed by atoms with Crippen LogP contribution in [0.1, 0.15) is 30.4 Å². The van der Waals surface area contributed by atoms with E-state index in [1.165, 1.54) is 12.0 Å². The van der Waals surface area contributed by atoms with Gasteiger partial charge in [-0.3, -0.25) is 0 Å². The SMILES string of the molecule is COc1ccc(C2(CNc3ccnc(N)c3C#N)CCC2)cc1. The molecule has 1 aliphatic carbocycles. The van der Waals surface area contributed by atoms with Gasteiger partial charge in [0.25, 0.3) is 0 Å². The van der Waals surface area contributed by atoms with Crippen molar-refractivity contribution >= 4 is 11.5 Å². The Balaban J connectivity index is 1.80. The van der Waals surface area contributed by atoms with Crippen LogP contribution in [-0.4, -0.2) is 18.6 Å². The van der Waals surface area contributed by atoms with Gasteiger partial charge in [0.05, 0.1) is 12.8 Å². The van der Waals surface area contributed by atoms with Gasteiger partial charge in [-0.15, -0.1) is 0 Å². The van der Waals surface area contributed by atoms with Crippen LogP contribution in [0.25, 0.3) is 0 Å². The minimum Gasteiger partial charge on any atom is -0.497 e. The van der Waals surface area contributed by atoms with Crippen molar-refractivity contribution in [1.82, 2.24) is 4.98 Å². The number of rotatable bonds is 5. The van der Waals surface area contributed by atoms with E-state index in [-0.39, 0.29) is 11.2 Å². The van der Waals surface area contributed by atoms with Gasteiger partial charge in [-0.1, -0.05) is 18.6 Å². The van der Waals surface area contributed by atoms with Crippen LogP contribution in [0.5, 0.6) is 5.75 Å². The quantitative estimate of drug-likeness (QED) is 0.886. The maximum Gasteiger partial charge on any atom is 0.143 e. The second-order valence-electron chi connectivity index (χ2n) is 5.95. The Hall–Kier alpha value is -2.74. The predicted molar refractivity (Wildman–Crippen MR) is 90.4 cm³/mol. The summed E-state index contributed by atoms with van der Waals surface area (Å²) in [4.78, 5) is 3.97. The smallest absolute Gasteiger partial charge is 0.143 e. The number of pyridine rings is 1. The molecule has 0 atom stereocenters. The lowest BCUT2D eigenvalue weighted by molar-refractivity contribution is 0.260. The van der Waals surface area contributed by atoms with Crippen molar-refractivity contribution in [2.75, 3.05) is 24.7 Å². The van der Waals surface area contributed by atoms with Crippen molar-refractivity contribution in [3.8, 4) is 11.8 Å². The molecule has 1 aliphatic rings. The fourth-order valence-electron chi connectivity index (χ4n) is 3.12. The fraction of sp³-hybridized carbons (Fsp3) is 0.333. The summed E-state index contributed by atoms with van der Waals surface area (Å²) in [6.45, 7) is 0.775. The average Bonchev–Trinajstić information content (AvgIpc) is 2.54. The molecule has 0 saturated heterocycles. The summed E-state index contributed by atoms with van der Waals surface area (Å²) in [6, 6.07) is 12.2. The molecule has 1 fully saturated rings. The Kier molecular flexibility index (Phi) is 4.07. The van der Waals surface area contributed by atoms with E-state index in [4.69, 9.17) is 10.5 Å². The monoisotopic (exact) mass is 308 g/mol. The van der Waals surface area contributed by atoms with Gasteiger partial charge < -0.3 is 15.8 Å². The first-order valence-electron chi connectivity index (χ1n) is 7.71. The molecule has 1 aromatic carbocycles. The molecule has 0 unspecified atom stereocenters. The average molecular weight is 308 g/mol. The van der Waals surface area contributed by atoms with Crippen LogP contribution in [-0.2, 0) is 5.41 Å². The highest BCUT2D eigenvalue weighted by Gasteiger charge is 2.38. The lowest BCUT2D eigenvalue weighted by Crippen LogP contribution is -2.41. The van der Waals surface area contributed by atoms with Crippen LogP contribution in [0, 0.1) is 11.3 Å². The minimum absolute atomic E-state index is 0.108. The molecule has 5 heteroatoms. The predicted octanol–water partition coefficient (Wildman–Crippen LogP) is 3.08. The summed E-state index contributed by atoms with van der Waals surface area (Å²) in [7, 11) is 1.67. The molecule has 3 rings (SSSR count). The summed E-state index contributed by atoms with van der Waals surface area (Å²) in [5, 5.41) is 12.7. The maximum absolute atomic E-state index is 9.25. The molecular formula is C18H20N4O. The number of nitrogens with two attached hydrogens (primary N) is 1. The number of benzene rings is 1. The Morgan fingerprint density at radius 2 is 2.04 bits per heavy atom. The van der Waals surface area contributed by atoms with Crippen LogP contribution in [0.15, 0.2) is 36.5 Å². The lowest BCUT2D eigenvalue weighted by atomic mass is 9.64. The standard InChI is InChI=1S/C18H20N4O/c1-23-14-5-3-13(4-6-14)18(8-2-9-18)12-22-16-7-10-21-17(20)15(16)11-19/h3-7,10H,2,8-9,12H2,1H3,(H3,20,21,22). The van der Waals surface area contributed by atoms with Crippen LogP contribution in [0.2, 0.25) is 0 Å². The van der Waals surface area contributed by atoms with Gasteiger partial charge in [0.2, 0.25) is 0 Å². The number of aromatic nitrogens is 1. The third-order valence-corrected chi connectivity index (χ3v) is 4.72. The number of nitriles is 1.